The number of rotatable bonds is 2. The van der Waals surface area contributed by atoms with Gasteiger partial charge in [0.1, 0.15) is 4.88 Å². The molecule has 0 unspecified atom stereocenters. The number of likely N-dealkylation sites (tertiary alicyclic amines) is 1. The van der Waals surface area contributed by atoms with E-state index in [1.165, 1.54) is 11.3 Å². The Morgan fingerprint density at radius 3 is 3.06 bits per heavy atom. The molecule has 0 aliphatic carbocycles. The highest BCUT2D eigenvalue weighted by Gasteiger charge is 2.30. The molecule has 0 bridgehead atoms. The summed E-state index contributed by atoms with van der Waals surface area (Å²) in [5, 5.41) is 11.6. The van der Waals surface area contributed by atoms with E-state index in [2.05, 4.69) is 0 Å². The minimum atomic E-state index is -0.0420. The number of carbonyl (C=O) groups excluding carboxylic acids is 1. The van der Waals surface area contributed by atoms with E-state index in [4.69, 9.17) is 11.6 Å². The molecule has 3 nitrogen and oxygen atoms in total. The Hall–Kier alpha value is -0.580. The first-order valence-electron chi connectivity index (χ1n) is 5.30. The number of carbonyl (C=O) groups is 1. The Kier molecular flexibility index (Phi) is 3.52. The molecule has 16 heavy (non-hydrogen) atoms. The number of aryl methyl sites for hydroxylation is 1. The van der Waals surface area contributed by atoms with Crippen LogP contribution in [-0.4, -0.2) is 35.1 Å². The second-order valence-electron chi connectivity index (χ2n) is 4.04. The van der Waals surface area contributed by atoms with Gasteiger partial charge in [-0.25, -0.2) is 0 Å². The van der Waals surface area contributed by atoms with Crippen LogP contribution in [0.1, 0.15) is 28.1 Å². The van der Waals surface area contributed by atoms with Gasteiger partial charge in [0, 0.05) is 6.54 Å². The van der Waals surface area contributed by atoms with Crippen LogP contribution in [0.25, 0.3) is 0 Å². The van der Waals surface area contributed by atoms with Crippen molar-refractivity contribution in [1.82, 2.24) is 4.90 Å². The first-order valence-corrected chi connectivity index (χ1v) is 6.56. The van der Waals surface area contributed by atoms with E-state index in [1.54, 1.807) is 4.90 Å². The Morgan fingerprint density at radius 1 is 1.75 bits per heavy atom. The molecule has 0 spiro atoms. The van der Waals surface area contributed by atoms with E-state index in [0.717, 1.165) is 24.9 Å². The predicted molar refractivity (Wildman–Crippen MR) is 65.2 cm³/mol. The highest BCUT2D eigenvalue weighted by Crippen LogP contribution is 2.30. The van der Waals surface area contributed by atoms with Crippen LogP contribution in [0, 0.1) is 6.92 Å². The highest BCUT2D eigenvalue weighted by molar-refractivity contribution is 7.13. The van der Waals surface area contributed by atoms with Gasteiger partial charge in [-0.15, -0.1) is 11.3 Å². The summed E-state index contributed by atoms with van der Waals surface area (Å²) >= 11 is 7.45. The zero-order valence-electron chi connectivity index (χ0n) is 9.07. The molecular formula is C11H14ClNO2S. The molecule has 2 heterocycles. The van der Waals surface area contributed by atoms with Crippen LogP contribution in [0.15, 0.2) is 5.38 Å². The lowest BCUT2D eigenvalue weighted by atomic mass is 10.2. The maximum atomic E-state index is 12.2. The molecule has 1 aliphatic heterocycles. The van der Waals surface area contributed by atoms with Crippen molar-refractivity contribution in [2.75, 3.05) is 13.2 Å². The molecule has 2 rings (SSSR count). The summed E-state index contributed by atoms with van der Waals surface area (Å²) in [4.78, 5) is 14.5. The van der Waals surface area contributed by atoms with Crippen LogP contribution in [0.5, 0.6) is 0 Å². The van der Waals surface area contributed by atoms with Crippen LogP contribution >= 0.6 is 22.9 Å². The van der Waals surface area contributed by atoms with Gasteiger partial charge in [0.15, 0.2) is 0 Å². The number of hydrogen-bond acceptors (Lipinski definition) is 3. The first kappa shape index (κ1) is 11.9. The fraction of sp³-hybridized carbons (Fsp3) is 0.545. The normalized spacial score (nSPS) is 20.4. The predicted octanol–water partition coefficient (Wildman–Crippen LogP) is 2.31. The average molecular weight is 260 g/mol. The lowest BCUT2D eigenvalue weighted by Crippen LogP contribution is -2.37. The smallest absolute Gasteiger partial charge is 0.265 e. The molecule has 88 valence electrons. The Balaban J connectivity index is 2.22. The van der Waals surface area contributed by atoms with Crippen molar-refractivity contribution in [2.45, 2.75) is 25.8 Å². The van der Waals surface area contributed by atoms with Gasteiger partial charge < -0.3 is 10.0 Å². The molecule has 5 heteroatoms. The van der Waals surface area contributed by atoms with Gasteiger partial charge in [-0.1, -0.05) is 11.6 Å². The molecule has 1 atom stereocenters. The van der Waals surface area contributed by atoms with Crippen LogP contribution in [0.2, 0.25) is 5.02 Å². The second kappa shape index (κ2) is 4.73. The molecule has 1 fully saturated rings. The monoisotopic (exact) mass is 259 g/mol. The van der Waals surface area contributed by atoms with Crippen molar-refractivity contribution >= 4 is 28.8 Å². The maximum absolute atomic E-state index is 12.2. The van der Waals surface area contributed by atoms with Crippen molar-refractivity contribution in [3.8, 4) is 0 Å². The van der Waals surface area contributed by atoms with Gasteiger partial charge in [0.05, 0.1) is 17.7 Å². The number of aliphatic hydroxyl groups is 1. The number of thiophene rings is 1. The third kappa shape index (κ3) is 1.97. The molecule has 1 aromatic rings. The Morgan fingerprint density at radius 2 is 2.50 bits per heavy atom. The largest absolute Gasteiger partial charge is 0.394 e. The Bertz CT molecular complexity index is 405. The molecule has 0 aromatic carbocycles. The van der Waals surface area contributed by atoms with Gasteiger partial charge >= 0.3 is 0 Å². The average Bonchev–Trinajstić information content (AvgIpc) is 2.86. The van der Waals surface area contributed by atoms with E-state index in [9.17, 15) is 9.90 Å². The van der Waals surface area contributed by atoms with Gasteiger partial charge in [-0.05, 0) is 30.7 Å². The lowest BCUT2D eigenvalue weighted by molar-refractivity contribution is 0.0682. The third-order valence-electron chi connectivity index (χ3n) is 2.94. The topological polar surface area (TPSA) is 40.5 Å². The van der Waals surface area contributed by atoms with Crippen molar-refractivity contribution in [1.29, 1.82) is 0 Å². The van der Waals surface area contributed by atoms with Gasteiger partial charge in [0.2, 0.25) is 0 Å². The number of aliphatic hydroxyl groups excluding tert-OH is 1. The molecule has 0 radical (unpaired) electrons. The van der Waals surface area contributed by atoms with E-state index in [1.807, 2.05) is 12.3 Å². The SMILES string of the molecule is Cc1csc(C(=O)N2CCC[C@@H]2CO)c1Cl. The van der Waals surface area contributed by atoms with Crippen LogP contribution < -0.4 is 0 Å². The minimum absolute atomic E-state index is 0.0354. The van der Waals surface area contributed by atoms with Gasteiger partial charge in [-0.3, -0.25) is 4.79 Å². The fourth-order valence-electron chi connectivity index (χ4n) is 2.00. The van der Waals surface area contributed by atoms with E-state index in [0.29, 0.717) is 9.90 Å². The number of hydrogen-bond donors (Lipinski definition) is 1. The first-order chi connectivity index (χ1) is 7.65. The summed E-state index contributed by atoms with van der Waals surface area (Å²) in [5.41, 5.74) is 0.940. The summed E-state index contributed by atoms with van der Waals surface area (Å²) in [6.45, 7) is 2.65. The van der Waals surface area contributed by atoms with E-state index >= 15 is 0 Å². The number of nitrogens with zero attached hydrogens (tertiary/aromatic N) is 1. The van der Waals surface area contributed by atoms with Gasteiger partial charge in [-0.2, -0.15) is 0 Å². The van der Waals surface area contributed by atoms with Crippen molar-refractivity contribution in [3.05, 3.63) is 20.8 Å². The summed E-state index contributed by atoms with van der Waals surface area (Å²) in [6, 6.07) is -0.0361. The maximum Gasteiger partial charge on any atom is 0.265 e. The van der Waals surface area contributed by atoms with E-state index in [-0.39, 0.29) is 18.6 Å². The van der Waals surface area contributed by atoms with E-state index < -0.39 is 0 Å². The molecule has 1 aliphatic rings. The zero-order valence-corrected chi connectivity index (χ0v) is 10.6. The highest BCUT2D eigenvalue weighted by atomic mass is 35.5. The molecule has 1 amide bonds. The van der Waals surface area contributed by atoms with Crippen LogP contribution in [-0.2, 0) is 0 Å². The summed E-state index contributed by atoms with van der Waals surface area (Å²) < 4.78 is 0. The quantitative estimate of drug-likeness (QED) is 0.886. The fourth-order valence-corrected chi connectivity index (χ4v) is 3.23. The molecule has 1 aromatic heterocycles. The second-order valence-corrected chi connectivity index (χ2v) is 5.30. The summed E-state index contributed by atoms with van der Waals surface area (Å²) in [7, 11) is 0. The molecular weight excluding hydrogens is 246 g/mol. The molecule has 1 N–H and O–H groups in total. The van der Waals surface area contributed by atoms with Crippen LogP contribution in [0.3, 0.4) is 0 Å². The minimum Gasteiger partial charge on any atom is -0.394 e. The van der Waals surface area contributed by atoms with Crippen molar-refractivity contribution in [3.63, 3.8) is 0 Å². The van der Waals surface area contributed by atoms with Crippen molar-refractivity contribution < 1.29 is 9.90 Å². The van der Waals surface area contributed by atoms with Crippen LogP contribution in [0.4, 0.5) is 0 Å². The standard InChI is InChI=1S/C11H14ClNO2S/c1-7-6-16-10(9(7)12)11(15)13-4-2-3-8(13)5-14/h6,8,14H,2-5H2,1H3/t8-/m1/s1. The number of amides is 1. The molecule has 0 saturated carbocycles. The Labute approximate surface area is 104 Å². The van der Waals surface area contributed by atoms with Crippen molar-refractivity contribution in [2.24, 2.45) is 0 Å². The number of halogens is 1. The third-order valence-corrected chi connectivity index (χ3v) is 4.63. The zero-order chi connectivity index (χ0) is 11.7. The lowest BCUT2D eigenvalue weighted by Gasteiger charge is -2.22. The summed E-state index contributed by atoms with van der Waals surface area (Å²) in [5.74, 6) is -0.0420. The summed E-state index contributed by atoms with van der Waals surface area (Å²) in [6.07, 6.45) is 1.84. The van der Waals surface area contributed by atoms with Gasteiger partial charge in [0.25, 0.3) is 5.91 Å². The molecule has 1 saturated heterocycles.